The highest BCUT2D eigenvalue weighted by Crippen LogP contribution is 2.18. The zero-order valence-electron chi connectivity index (χ0n) is 13.3. The van der Waals surface area contributed by atoms with Gasteiger partial charge in [0, 0.05) is 18.4 Å². The van der Waals surface area contributed by atoms with Crippen LogP contribution in [0.15, 0.2) is 48.5 Å². The summed E-state index contributed by atoms with van der Waals surface area (Å²) >= 11 is 0. The number of carbonyl (C=O) groups is 2. The molecule has 8 heteroatoms. The van der Waals surface area contributed by atoms with E-state index in [-0.39, 0.29) is 5.75 Å². The normalized spacial score (nSPS) is 10.2. The maximum absolute atomic E-state index is 12.1. The van der Waals surface area contributed by atoms with Gasteiger partial charge in [0.05, 0.1) is 5.56 Å². The van der Waals surface area contributed by atoms with Gasteiger partial charge in [0.1, 0.15) is 5.75 Å². The number of esters is 1. The second kappa shape index (κ2) is 8.62. The maximum Gasteiger partial charge on any atom is 0.387 e. The van der Waals surface area contributed by atoms with Crippen LogP contribution in [0.1, 0.15) is 10.4 Å². The number of benzene rings is 2. The molecular formula is C17H16F2N2O4. The van der Waals surface area contributed by atoms with Crippen LogP contribution < -0.4 is 15.4 Å². The molecule has 0 aromatic heterocycles. The zero-order chi connectivity index (χ0) is 18.2. The van der Waals surface area contributed by atoms with Crippen molar-refractivity contribution in [3.05, 3.63) is 54.1 Å². The molecule has 0 aliphatic carbocycles. The number of nitrogens with one attached hydrogen (secondary N) is 2. The van der Waals surface area contributed by atoms with Gasteiger partial charge in [0.25, 0.3) is 5.91 Å². The van der Waals surface area contributed by atoms with E-state index < -0.39 is 25.1 Å². The first kappa shape index (κ1) is 18.2. The monoisotopic (exact) mass is 350 g/mol. The van der Waals surface area contributed by atoms with E-state index in [4.69, 9.17) is 4.74 Å². The van der Waals surface area contributed by atoms with Crippen molar-refractivity contribution in [3.8, 4) is 5.75 Å². The number of halogens is 2. The standard InChI is InChI=1S/C17H16F2N2O4/c1-20-14-5-3-2-4-13(14)16(23)24-10-15(22)21-11-6-8-12(9-7-11)25-17(18)19/h2-9,17,20H,10H2,1H3,(H,21,22). The van der Waals surface area contributed by atoms with E-state index in [0.29, 0.717) is 16.9 Å². The lowest BCUT2D eigenvalue weighted by Gasteiger charge is -2.10. The summed E-state index contributed by atoms with van der Waals surface area (Å²) in [5, 5.41) is 5.34. The quantitative estimate of drug-likeness (QED) is 0.751. The van der Waals surface area contributed by atoms with Crippen LogP contribution in [0.25, 0.3) is 0 Å². The Bertz CT molecular complexity index is 736. The highest BCUT2D eigenvalue weighted by Gasteiger charge is 2.13. The number of amides is 1. The summed E-state index contributed by atoms with van der Waals surface area (Å²) < 4.78 is 33.3. The van der Waals surface area contributed by atoms with E-state index in [2.05, 4.69) is 15.4 Å². The number of ether oxygens (including phenoxy) is 2. The fourth-order valence-corrected chi connectivity index (χ4v) is 2.00. The van der Waals surface area contributed by atoms with E-state index in [9.17, 15) is 18.4 Å². The summed E-state index contributed by atoms with van der Waals surface area (Å²) in [4.78, 5) is 23.8. The molecule has 6 nitrogen and oxygen atoms in total. The van der Waals surface area contributed by atoms with Crippen LogP contribution in [0.5, 0.6) is 5.75 Å². The lowest BCUT2D eigenvalue weighted by atomic mass is 10.2. The third kappa shape index (κ3) is 5.45. The lowest BCUT2D eigenvalue weighted by molar-refractivity contribution is -0.119. The minimum Gasteiger partial charge on any atom is -0.452 e. The Kier molecular flexibility index (Phi) is 6.27. The third-order valence-electron chi connectivity index (χ3n) is 3.11. The van der Waals surface area contributed by atoms with Crippen molar-refractivity contribution in [3.63, 3.8) is 0 Å². The number of carbonyl (C=O) groups excluding carboxylic acids is 2. The predicted octanol–water partition coefficient (Wildman–Crippen LogP) is 3.13. The molecule has 2 rings (SSSR count). The molecular weight excluding hydrogens is 334 g/mol. The van der Waals surface area contributed by atoms with Gasteiger partial charge in [0.15, 0.2) is 6.61 Å². The number of para-hydroxylation sites is 1. The molecule has 0 spiro atoms. The lowest BCUT2D eigenvalue weighted by Crippen LogP contribution is -2.21. The van der Waals surface area contributed by atoms with Gasteiger partial charge in [-0.15, -0.1) is 0 Å². The predicted molar refractivity (Wildman–Crippen MR) is 88.0 cm³/mol. The average Bonchev–Trinajstić information content (AvgIpc) is 2.61. The molecule has 1 amide bonds. The van der Waals surface area contributed by atoms with Gasteiger partial charge in [-0.3, -0.25) is 4.79 Å². The first-order valence-corrected chi connectivity index (χ1v) is 7.28. The van der Waals surface area contributed by atoms with Gasteiger partial charge in [-0.2, -0.15) is 8.78 Å². The Morgan fingerprint density at radius 2 is 1.76 bits per heavy atom. The van der Waals surface area contributed by atoms with Gasteiger partial charge in [0.2, 0.25) is 0 Å². The molecule has 0 radical (unpaired) electrons. The second-order valence-electron chi connectivity index (χ2n) is 4.82. The molecule has 0 saturated heterocycles. The van der Waals surface area contributed by atoms with Crippen LogP contribution in [0.4, 0.5) is 20.2 Å². The van der Waals surface area contributed by atoms with Crippen molar-refractivity contribution in [2.24, 2.45) is 0 Å². The van der Waals surface area contributed by atoms with E-state index in [1.54, 1.807) is 31.3 Å². The van der Waals surface area contributed by atoms with E-state index in [1.807, 2.05) is 0 Å². The van der Waals surface area contributed by atoms with Crippen molar-refractivity contribution in [2.45, 2.75) is 6.61 Å². The fourth-order valence-electron chi connectivity index (χ4n) is 2.00. The summed E-state index contributed by atoms with van der Waals surface area (Å²) in [6.45, 7) is -3.40. The summed E-state index contributed by atoms with van der Waals surface area (Å²) in [5.74, 6) is -1.22. The molecule has 0 heterocycles. The highest BCUT2D eigenvalue weighted by molar-refractivity contribution is 5.98. The molecule has 0 aliphatic rings. The molecule has 25 heavy (non-hydrogen) atoms. The summed E-state index contributed by atoms with van der Waals surface area (Å²) in [5.41, 5.74) is 1.26. The van der Waals surface area contributed by atoms with E-state index in [1.165, 1.54) is 24.3 Å². The molecule has 0 saturated carbocycles. The minimum absolute atomic E-state index is 0.0249. The van der Waals surface area contributed by atoms with Gasteiger partial charge in [-0.1, -0.05) is 12.1 Å². The van der Waals surface area contributed by atoms with Crippen LogP contribution in [0.2, 0.25) is 0 Å². The zero-order valence-corrected chi connectivity index (χ0v) is 13.3. The number of hydrogen-bond donors (Lipinski definition) is 2. The summed E-state index contributed by atoms with van der Waals surface area (Å²) in [7, 11) is 1.67. The first-order chi connectivity index (χ1) is 12.0. The number of alkyl halides is 2. The van der Waals surface area contributed by atoms with Crippen LogP contribution in [0.3, 0.4) is 0 Å². The third-order valence-corrected chi connectivity index (χ3v) is 3.11. The summed E-state index contributed by atoms with van der Waals surface area (Å²) in [6, 6.07) is 12.1. The van der Waals surface area contributed by atoms with Crippen LogP contribution >= 0.6 is 0 Å². The number of anilines is 2. The summed E-state index contributed by atoms with van der Waals surface area (Å²) in [6.07, 6.45) is 0. The molecule has 0 atom stereocenters. The van der Waals surface area contributed by atoms with Crippen molar-refractivity contribution in [1.29, 1.82) is 0 Å². The van der Waals surface area contributed by atoms with Crippen LogP contribution in [0, 0.1) is 0 Å². The van der Waals surface area contributed by atoms with Crippen molar-refractivity contribution >= 4 is 23.3 Å². The minimum atomic E-state index is -2.92. The Morgan fingerprint density at radius 1 is 1.08 bits per heavy atom. The van der Waals surface area contributed by atoms with Gasteiger partial charge < -0.3 is 20.1 Å². The Hall–Kier alpha value is -3.16. The molecule has 0 bridgehead atoms. The first-order valence-electron chi connectivity index (χ1n) is 7.28. The highest BCUT2D eigenvalue weighted by atomic mass is 19.3. The Labute approximate surface area is 142 Å². The fraction of sp³-hybridized carbons (Fsp3) is 0.176. The second-order valence-corrected chi connectivity index (χ2v) is 4.82. The molecule has 0 aliphatic heterocycles. The Balaban J connectivity index is 1.87. The van der Waals surface area contributed by atoms with Gasteiger partial charge in [-0.05, 0) is 36.4 Å². The molecule has 0 unspecified atom stereocenters. The van der Waals surface area contributed by atoms with E-state index in [0.717, 1.165) is 0 Å². The van der Waals surface area contributed by atoms with Crippen molar-refractivity contribution in [1.82, 2.24) is 0 Å². The topological polar surface area (TPSA) is 76.7 Å². The SMILES string of the molecule is CNc1ccccc1C(=O)OCC(=O)Nc1ccc(OC(F)F)cc1. The Morgan fingerprint density at radius 3 is 2.40 bits per heavy atom. The van der Waals surface area contributed by atoms with Crippen molar-refractivity contribution in [2.75, 3.05) is 24.3 Å². The van der Waals surface area contributed by atoms with Gasteiger partial charge >= 0.3 is 12.6 Å². The molecule has 0 fully saturated rings. The van der Waals surface area contributed by atoms with Crippen molar-refractivity contribution < 1.29 is 27.8 Å². The molecule has 132 valence electrons. The van der Waals surface area contributed by atoms with Crippen LogP contribution in [-0.2, 0) is 9.53 Å². The average molecular weight is 350 g/mol. The molecule has 2 aromatic rings. The smallest absolute Gasteiger partial charge is 0.387 e. The van der Waals surface area contributed by atoms with Gasteiger partial charge in [-0.25, -0.2) is 4.79 Å². The number of hydrogen-bond acceptors (Lipinski definition) is 5. The van der Waals surface area contributed by atoms with E-state index >= 15 is 0 Å². The number of rotatable bonds is 7. The molecule has 2 aromatic carbocycles. The molecule has 2 N–H and O–H groups in total. The van der Waals surface area contributed by atoms with Crippen LogP contribution in [-0.4, -0.2) is 32.1 Å². The maximum atomic E-state index is 12.1. The largest absolute Gasteiger partial charge is 0.452 e.